The fraction of sp³-hybridized carbons (Fsp3) is 0.458. The van der Waals surface area contributed by atoms with Crippen LogP contribution in [0.2, 0.25) is 0 Å². The minimum atomic E-state index is -0.805. The van der Waals surface area contributed by atoms with Gasteiger partial charge in [0.15, 0.2) is 17.7 Å². The number of aromatic nitrogens is 1. The quantitative estimate of drug-likeness (QED) is 0.622. The molecular formula is C24H27F2N3O5. The first-order chi connectivity index (χ1) is 16.3. The van der Waals surface area contributed by atoms with Crippen LogP contribution in [-0.2, 0) is 17.8 Å². The topological polar surface area (TPSA) is 89.9 Å². The first-order valence-corrected chi connectivity index (χ1v) is 11.4. The molecule has 2 aromatic rings. The zero-order chi connectivity index (χ0) is 24.4. The Labute approximate surface area is 195 Å². The first-order valence-electron chi connectivity index (χ1n) is 11.4. The maximum atomic E-state index is 13.9. The molecule has 1 aromatic heterocycles. The molecule has 1 aromatic carbocycles. The number of nitrogens with one attached hydrogen (secondary N) is 1. The fourth-order valence-corrected chi connectivity index (χ4v) is 4.19. The van der Waals surface area contributed by atoms with E-state index in [2.05, 4.69) is 5.32 Å². The number of rotatable bonds is 7. The minimum Gasteiger partial charge on any atom is -0.487 e. The lowest BCUT2D eigenvalue weighted by atomic mass is 10.1. The Morgan fingerprint density at radius 3 is 2.82 bits per heavy atom. The molecule has 10 heteroatoms. The Morgan fingerprint density at radius 1 is 1.29 bits per heavy atom. The van der Waals surface area contributed by atoms with Crippen LogP contribution in [0.3, 0.4) is 0 Å². The Balaban J connectivity index is 1.68. The molecule has 4 rings (SSSR count). The molecule has 2 aliphatic rings. The van der Waals surface area contributed by atoms with Crippen molar-refractivity contribution < 1.29 is 27.8 Å². The molecule has 0 saturated carbocycles. The van der Waals surface area contributed by atoms with Crippen LogP contribution in [0.1, 0.15) is 59.5 Å². The highest BCUT2D eigenvalue weighted by atomic mass is 19.1. The van der Waals surface area contributed by atoms with Crippen LogP contribution in [-0.4, -0.2) is 46.8 Å². The van der Waals surface area contributed by atoms with E-state index in [1.54, 1.807) is 4.90 Å². The maximum absolute atomic E-state index is 13.9. The first kappa shape index (κ1) is 23.9. The van der Waals surface area contributed by atoms with E-state index in [1.807, 2.05) is 13.8 Å². The maximum Gasteiger partial charge on any atom is 0.276 e. The average molecular weight is 475 g/mol. The number of nitrogens with zero attached hydrogens (tertiary/aromatic N) is 2. The molecule has 2 amide bonds. The number of halogens is 2. The highest BCUT2D eigenvalue weighted by Gasteiger charge is 2.41. The van der Waals surface area contributed by atoms with Gasteiger partial charge in [0.1, 0.15) is 17.2 Å². The van der Waals surface area contributed by atoms with Gasteiger partial charge in [0.25, 0.3) is 11.8 Å². The molecule has 0 aliphatic carbocycles. The van der Waals surface area contributed by atoms with Crippen LogP contribution in [0.5, 0.6) is 5.75 Å². The lowest BCUT2D eigenvalue weighted by molar-refractivity contribution is -0.112. The van der Waals surface area contributed by atoms with Crippen LogP contribution in [0.25, 0.3) is 0 Å². The van der Waals surface area contributed by atoms with Gasteiger partial charge in [-0.3, -0.25) is 14.4 Å². The number of benzene rings is 1. The number of amides is 2. The minimum absolute atomic E-state index is 0.0628. The summed E-state index contributed by atoms with van der Waals surface area (Å²) in [6, 6.07) is 2.96. The summed E-state index contributed by atoms with van der Waals surface area (Å²) < 4.78 is 40.1. The second-order valence-corrected chi connectivity index (χ2v) is 8.50. The molecule has 182 valence electrons. The number of hydrogen-bond donors (Lipinski definition) is 1. The Morgan fingerprint density at radius 2 is 2.09 bits per heavy atom. The highest BCUT2D eigenvalue weighted by Crippen LogP contribution is 2.30. The van der Waals surface area contributed by atoms with Gasteiger partial charge in [-0.05, 0) is 25.8 Å². The molecule has 1 saturated heterocycles. The average Bonchev–Trinajstić information content (AvgIpc) is 2.79. The van der Waals surface area contributed by atoms with Crippen LogP contribution in [0, 0.1) is 11.6 Å². The predicted molar refractivity (Wildman–Crippen MR) is 119 cm³/mol. The van der Waals surface area contributed by atoms with Crippen LogP contribution in [0.15, 0.2) is 29.2 Å². The van der Waals surface area contributed by atoms with Crippen molar-refractivity contribution in [2.45, 2.75) is 58.5 Å². The van der Waals surface area contributed by atoms with Crippen molar-refractivity contribution in [1.29, 1.82) is 0 Å². The number of unbranched alkanes of at least 4 members (excludes halogenated alkanes) is 1. The molecule has 34 heavy (non-hydrogen) atoms. The van der Waals surface area contributed by atoms with Gasteiger partial charge in [0, 0.05) is 30.4 Å². The molecule has 0 spiro atoms. The summed E-state index contributed by atoms with van der Waals surface area (Å²) in [7, 11) is 0. The van der Waals surface area contributed by atoms with E-state index < -0.39 is 29.2 Å². The summed E-state index contributed by atoms with van der Waals surface area (Å²) in [5.41, 5.74) is -0.779. The highest BCUT2D eigenvalue weighted by molar-refractivity contribution is 5.99. The van der Waals surface area contributed by atoms with E-state index in [0.29, 0.717) is 19.4 Å². The Kier molecular flexibility index (Phi) is 6.97. The number of ether oxygens (including phenoxy) is 2. The Hall–Kier alpha value is -3.27. The third-order valence-corrected chi connectivity index (χ3v) is 6.10. The number of hydrogen-bond acceptors (Lipinski definition) is 5. The normalized spacial score (nSPS) is 19.4. The van der Waals surface area contributed by atoms with Gasteiger partial charge in [-0.25, -0.2) is 8.78 Å². The number of carbonyl (C=O) groups is 2. The monoisotopic (exact) mass is 475 g/mol. The van der Waals surface area contributed by atoms with E-state index in [1.165, 1.54) is 16.8 Å². The largest absolute Gasteiger partial charge is 0.487 e. The van der Waals surface area contributed by atoms with Gasteiger partial charge in [0.2, 0.25) is 5.43 Å². The summed E-state index contributed by atoms with van der Waals surface area (Å²) in [5, 5.41) is 2.50. The zero-order valence-corrected chi connectivity index (χ0v) is 19.1. The molecule has 1 fully saturated rings. The smallest absolute Gasteiger partial charge is 0.276 e. The Bertz CT molecular complexity index is 1170. The van der Waals surface area contributed by atoms with Crippen LogP contribution >= 0.6 is 0 Å². The second kappa shape index (κ2) is 9.92. The number of carbonyl (C=O) groups excluding carboxylic acids is 2. The van der Waals surface area contributed by atoms with Crippen molar-refractivity contribution in [3.05, 3.63) is 63.1 Å². The summed E-state index contributed by atoms with van der Waals surface area (Å²) in [6.45, 7) is 4.60. The molecule has 0 bridgehead atoms. The van der Waals surface area contributed by atoms with E-state index in [-0.39, 0.29) is 54.2 Å². The third-order valence-electron chi connectivity index (χ3n) is 6.10. The molecular weight excluding hydrogens is 448 g/mol. The second-order valence-electron chi connectivity index (χ2n) is 8.50. The zero-order valence-electron chi connectivity index (χ0n) is 19.1. The van der Waals surface area contributed by atoms with E-state index >= 15 is 0 Å². The molecule has 2 atom stereocenters. The predicted octanol–water partition coefficient (Wildman–Crippen LogP) is 2.83. The lowest BCUT2D eigenvalue weighted by Crippen LogP contribution is -2.57. The third kappa shape index (κ3) is 4.54. The summed E-state index contributed by atoms with van der Waals surface area (Å²) in [4.78, 5) is 41.1. The van der Waals surface area contributed by atoms with Crippen LogP contribution < -0.4 is 15.5 Å². The van der Waals surface area contributed by atoms with Crippen molar-refractivity contribution in [2.75, 3.05) is 13.2 Å². The van der Waals surface area contributed by atoms with Gasteiger partial charge < -0.3 is 24.3 Å². The molecule has 2 aliphatic heterocycles. The summed E-state index contributed by atoms with van der Waals surface area (Å²) in [6.07, 6.45) is 2.97. The standard InChI is InChI=1S/C24H27F2N3O5/c1-3-4-8-34-22-20-24(32)29-14(2)7-9-33-19(29)13-28(20)12-17(21(22)30)23(31)27-11-15-5-6-16(25)10-18(15)26/h5-6,10,12,14,19H,3-4,7-9,11,13H2,1-2H3,(H,27,31)/t14-,19?/m1/s1. The van der Waals surface area contributed by atoms with Gasteiger partial charge in [-0.15, -0.1) is 0 Å². The van der Waals surface area contributed by atoms with Gasteiger partial charge >= 0.3 is 0 Å². The van der Waals surface area contributed by atoms with Crippen molar-refractivity contribution in [2.24, 2.45) is 0 Å². The van der Waals surface area contributed by atoms with E-state index in [0.717, 1.165) is 18.6 Å². The summed E-state index contributed by atoms with van der Waals surface area (Å²) in [5.74, 6) is -2.84. The number of fused-ring (bicyclic) bond motifs is 2. The molecule has 1 N–H and O–H groups in total. The van der Waals surface area contributed by atoms with Gasteiger partial charge in [0.05, 0.1) is 19.8 Å². The summed E-state index contributed by atoms with van der Waals surface area (Å²) >= 11 is 0. The van der Waals surface area contributed by atoms with Crippen molar-refractivity contribution in [3.8, 4) is 5.75 Å². The number of pyridine rings is 1. The van der Waals surface area contributed by atoms with Crippen molar-refractivity contribution in [1.82, 2.24) is 14.8 Å². The van der Waals surface area contributed by atoms with E-state index in [9.17, 15) is 23.2 Å². The van der Waals surface area contributed by atoms with E-state index in [4.69, 9.17) is 9.47 Å². The fourth-order valence-electron chi connectivity index (χ4n) is 4.19. The van der Waals surface area contributed by atoms with Crippen molar-refractivity contribution in [3.63, 3.8) is 0 Å². The van der Waals surface area contributed by atoms with Gasteiger partial charge in [-0.1, -0.05) is 19.4 Å². The lowest BCUT2D eigenvalue weighted by Gasteiger charge is -2.44. The molecule has 1 unspecified atom stereocenters. The van der Waals surface area contributed by atoms with Crippen molar-refractivity contribution >= 4 is 11.8 Å². The molecule has 8 nitrogen and oxygen atoms in total. The molecule has 0 radical (unpaired) electrons. The van der Waals surface area contributed by atoms with Gasteiger partial charge in [-0.2, -0.15) is 0 Å². The SMILES string of the molecule is CCCCOc1c2n(cc(C(=O)NCc3ccc(F)cc3F)c1=O)CC1OCC[C@@H](C)N1C2=O. The van der Waals surface area contributed by atoms with Crippen LogP contribution in [0.4, 0.5) is 8.78 Å². The molecule has 3 heterocycles.